The van der Waals surface area contributed by atoms with E-state index in [2.05, 4.69) is 79.9 Å². The third-order valence-electron chi connectivity index (χ3n) is 6.74. The second-order valence-corrected chi connectivity index (χ2v) is 11.0. The van der Waals surface area contributed by atoms with Gasteiger partial charge in [-0.05, 0) is 69.4 Å². The van der Waals surface area contributed by atoms with Crippen molar-refractivity contribution in [2.45, 2.75) is 51.2 Å². The zero-order chi connectivity index (χ0) is 26.0. The van der Waals surface area contributed by atoms with Crippen molar-refractivity contribution in [1.29, 1.82) is 0 Å². The monoisotopic (exact) mass is 603 g/mol. The summed E-state index contributed by atoms with van der Waals surface area (Å²) in [4.78, 5) is 17.7. The van der Waals surface area contributed by atoms with Gasteiger partial charge in [-0.3, -0.25) is 0 Å². The predicted molar refractivity (Wildman–Crippen MR) is 158 cm³/mol. The molecule has 0 saturated heterocycles. The van der Waals surface area contributed by atoms with Crippen molar-refractivity contribution in [3.63, 3.8) is 0 Å². The lowest BCUT2D eigenvalue weighted by Gasteiger charge is -2.43. The first-order valence-electron chi connectivity index (χ1n) is 12.5. The summed E-state index contributed by atoms with van der Waals surface area (Å²) in [7, 11) is 0. The minimum absolute atomic E-state index is 0.372. The lowest BCUT2D eigenvalue weighted by atomic mass is 9.71. The number of nitrogens with one attached hydrogen (secondary N) is 2. The second kappa shape index (κ2) is 10.2. The van der Waals surface area contributed by atoms with Crippen LogP contribution in [0, 0.1) is 0 Å². The van der Waals surface area contributed by atoms with Crippen LogP contribution in [0.3, 0.4) is 0 Å². The zero-order valence-electron chi connectivity index (χ0n) is 21.3. The minimum atomic E-state index is -0.532. The number of rotatable bonds is 5. The normalized spacial score (nSPS) is 15.6. The molecule has 5 rings (SSSR count). The van der Waals surface area contributed by atoms with Gasteiger partial charge in [0.05, 0.1) is 45.5 Å². The maximum absolute atomic E-state index is 12.6. The van der Waals surface area contributed by atoms with Crippen molar-refractivity contribution in [1.82, 2.24) is 13.8 Å². The molecule has 1 saturated carbocycles. The van der Waals surface area contributed by atoms with E-state index in [4.69, 9.17) is 9.72 Å². The predicted octanol–water partition coefficient (Wildman–Crippen LogP) is 7.78. The molecule has 0 radical (unpaired) electrons. The molecule has 6 heteroatoms. The van der Waals surface area contributed by atoms with Crippen molar-refractivity contribution in [3.05, 3.63) is 95.4 Å². The first kappa shape index (κ1) is 25.3. The van der Waals surface area contributed by atoms with Crippen molar-refractivity contribution >= 4 is 40.7 Å². The Morgan fingerprint density at radius 2 is 1.76 bits per heavy atom. The van der Waals surface area contributed by atoms with E-state index >= 15 is 0 Å². The summed E-state index contributed by atoms with van der Waals surface area (Å²) >= 11 is 2.14. The van der Waals surface area contributed by atoms with Gasteiger partial charge in [0.15, 0.2) is 0 Å². The Labute approximate surface area is 232 Å². The van der Waals surface area contributed by atoms with Gasteiger partial charge in [0.25, 0.3) is 0 Å². The number of benzene rings is 2. The van der Waals surface area contributed by atoms with Gasteiger partial charge in [-0.15, -0.1) is 0 Å². The van der Waals surface area contributed by atoms with Gasteiger partial charge in [0, 0.05) is 16.7 Å². The SMILES string of the molecule is CC(C)(C)OC(=O)NC1(c2ccc(-c3nc4c(cc3-c3ccccc3)C(NI)=C=CC=C4)cc2)CCC1. The quantitative estimate of drug-likeness (QED) is 0.178. The number of alkyl carbamates (subject to hydrolysis) is 1. The Bertz CT molecular complexity index is 1410. The zero-order valence-corrected chi connectivity index (χ0v) is 23.4. The van der Waals surface area contributed by atoms with Crippen LogP contribution < -0.4 is 8.85 Å². The molecule has 1 heterocycles. The van der Waals surface area contributed by atoms with Crippen LogP contribution in [-0.4, -0.2) is 16.7 Å². The smallest absolute Gasteiger partial charge is 0.408 e. The average Bonchev–Trinajstić information content (AvgIpc) is 3.06. The molecule has 1 amide bonds. The Kier molecular flexibility index (Phi) is 6.97. The van der Waals surface area contributed by atoms with Gasteiger partial charge in [-0.2, -0.15) is 0 Å². The van der Waals surface area contributed by atoms with Gasteiger partial charge in [0.2, 0.25) is 0 Å². The molecule has 2 aliphatic rings. The number of carbonyl (C=O) groups is 1. The maximum atomic E-state index is 12.6. The number of halogens is 1. The van der Waals surface area contributed by atoms with E-state index in [1.807, 2.05) is 57.2 Å². The number of allylic oxidation sites excluding steroid dienone is 2. The van der Waals surface area contributed by atoms with Crippen molar-refractivity contribution in [3.8, 4) is 22.4 Å². The van der Waals surface area contributed by atoms with E-state index in [1.54, 1.807) is 0 Å². The molecular weight excluding hydrogens is 573 g/mol. The van der Waals surface area contributed by atoms with E-state index in [0.29, 0.717) is 0 Å². The number of hydrogen-bond acceptors (Lipinski definition) is 4. The van der Waals surface area contributed by atoms with E-state index in [-0.39, 0.29) is 11.6 Å². The molecule has 2 N–H and O–H groups in total. The molecule has 188 valence electrons. The van der Waals surface area contributed by atoms with E-state index < -0.39 is 5.60 Å². The molecule has 0 spiro atoms. The largest absolute Gasteiger partial charge is 0.444 e. The number of fused-ring (bicyclic) bond motifs is 1. The summed E-state index contributed by atoms with van der Waals surface area (Å²) in [5.74, 6) is 0. The van der Waals surface area contributed by atoms with Crippen LogP contribution in [0.2, 0.25) is 0 Å². The van der Waals surface area contributed by atoms with Crippen LogP contribution in [0.25, 0.3) is 34.2 Å². The minimum Gasteiger partial charge on any atom is -0.444 e. The number of pyridine rings is 1. The topological polar surface area (TPSA) is 63.2 Å². The van der Waals surface area contributed by atoms with Crippen molar-refractivity contribution in [2.24, 2.45) is 0 Å². The highest BCUT2D eigenvalue weighted by atomic mass is 127. The van der Waals surface area contributed by atoms with Gasteiger partial charge >= 0.3 is 6.09 Å². The van der Waals surface area contributed by atoms with Crippen molar-refractivity contribution in [2.75, 3.05) is 0 Å². The molecule has 2 aromatic carbocycles. The first-order chi connectivity index (χ1) is 17.8. The molecule has 5 nitrogen and oxygen atoms in total. The Morgan fingerprint density at radius 3 is 2.38 bits per heavy atom. The molecule has 0 aliphatic heterocycles. The van der Waals surface area contributed by atoms with Crippen LogP contribution in [0.5, 0.6) is 0 Å². The molecule has 3 aromatic rings. The van der Waals surface area contributed by atoms with Gasteiger partial charge in [-0.1, -0.05) is 66.4 Å². The maximum Gasteiger partial charge on any atom is 0.408 e. The molecule has 0 bridgehead atoms. The standard InChI is InChI=1S/C31H30IN3O2/c1-30(2,3)37-29(36)34-31(18-9-19-31)23-16-14-22(15-17-23)28-24(21-10-5-4-6-11-21)20-25-26(33-28)12-7-8-13-27(25)35-32/h4-8,10-12,14-17,20,35H,9,18-19H2,1-3H3,(H,34,36). The van der Waals surface area contributed by atoms with Crippen molar-refractivity contribution < 1.29 is 9.53 Å². The number of ether oxygens (including phenoxy) is 1. The fraction of sp³-hybridized carbons (Fsp3) is 0.258. The molecule has 2 aliphatic carbocycles. The summed E-state index contributed by atoms with van der Waals surface area (Å²) in [6, 6.07) is 21.0. The van der Waals surface area contributed by atoms with Crippen LogP contribution in [0.1, 0.15) is 56.9 Å². The van der Waals surface area contributed by atoms with Crippen LogP contribution in [0.4, 0.5) is 4.79 Å². The number of hydrogen-bond donors (Lipinski definition) is 2. The lowest BCUT2D eigenvalue weighted by molar-refractivity contribution is 0.0377. The summed E-state index contributed by atoms with van der Waals surface area (Å²) in [6.07, 6.45) is 8.37. The third-order valence-corrected chi connectivity index (χ3v) is 7.28. The fourth-order valence-electron chi connectivity index (χ4n) is 4.80. The number of aromatic nitrogens is 1. The highest BCUT2D eigenvalue weighted by Gasteiger charge is 2.41. The summed E-state index contributed by atoms with van der Waals surface area (Å²) in [5.41, 5.74) is 10.4. The van der Waals surface area contributed by atoms with E-state index in [0.717, 1.165) is 64.2 Å². The molecule has 0 unspecified atom stereocenters. The molecule has 1 aromatic heterocycles. The van der Waals surface area contributed by atoms with Gasteiger partial charge in [0.1, 0.15) is 5.60 Å². The first-order valence-corrected chi connectivity index (χ1v) is 13.6. The van der Waals surface area contributed by atoms with Crippen LogP contribution in [0.15, 0.2) is 78.5 Å². The van der Waals surface area contributed by atoms with Gasteiger partial charge < -0.3 is 13.6 Å². The molecule has 0 atom stereocenters. The third kappa shape index (κ3) is 5.36. The fourth-order valence-corrected chi connectivity index (χ4v) is 5.25. The Hall–Kier alpha value is -3.35. The van der Waals surface area contributed by atoms with E-state index in [1.165, 1.54) is 0 Å². The molecular formula is C31H30IN3O2. The summed E-state index contributed by atoms with van der Waals surface area (Å²) < 4.78 is 8.77. The average molecular weight is 604 g/mol. The summed E-state index contributed by atoms with van der Waals surface area (Å²) in [6.45, 7) is 5.65. The highest BCUT2D eigenvalue weighted by Crippen LogP contribution is 2.43. The lowest BCUT2D eigenvalue weighted by Crippen LogP contribution is -2.52. The van der Waals surface area contributed by atoms with E-state index in [9.17, 15) is 4.79 Å². The number of carbonyl (C=O) groups excluding carboxylic acids is 1. The number of amides is 1. The summed E-state index contributed by atoms with van der Waals surface area (Å²) in [5, 5.41) is 3.15. The Morgan fingerprint density at radius 1 is 1.03 bits per heavy atom. The second-order valence-electron chi connectivity index (χ2n) is 10.5. The highest BCUT2D eigenvalue weighted by molar-refractivity contribution is 14.1. The van der Waals surface area contributed by atoms with Crippen LogP contribution in [-0.2, 0) is 10.3 Å². The number of nitrogens with zero attached hydrogens (tertiary/aromatic N) is 1. The Balaban J connectivity index is 1.54. The van der Waals surface area contributed by atoms with Gasteiger partial charge in [-0.25, -0.2) is 9.78 Å². The van der Waals surface area contributed by atoms with Crippen LogP contribution >= 0.6 is 22.9 Å². The molecule has 1 fully saturated rings. The molecule has 37 heavy (non-hydrogen) atoms.